The van der Waals surface area contributed by atoms with E-state index >= 15 is 0 Å². The standard InChI is InChI=1S/C17H21ClN2O/c1-2-17(13-9-10-13)14-5-3-4-6-15(14)20(18)16(21)19(17)11-12-7-8-12/h3-6,12-13H,2,7-11H2,1H3. The molecule has 1 atom stereocenters. The van der Waals surface area contributed by atoms with Crippen LogP contribution in [0.15, 0.2) is 24.3 Å². The highest BCUT2D eigenvalue weighted by Crippen LogP contribution is 2.57. The van der Waals surface area contributed by atoms with Gasteiger partial charge in [0.05, 0.1) is 11.2 Å². The fraction of sp³-hybridized carbons (Fsp3) is 0.588. The minimum absolute atomic E-state index is 0.0315. The Morgan fingerprint density at radius 1 is 1.24 bits per heavy atom. The number of hydrogen-bond acceptors (Lipinski definition) is 1. The average molecular weight is 305 g/mol. The fourth-order valence-electron chi connectivity index (χ4n) is 4.01. The minimum atomic E-state index is -0.137. The summed E-state index contributed by atoms with van der Waals surface area (Å²) in [6.07, 6.45) is 5.91. The number of fused-ring (bicyclic) bond motifs is 1. The number of hydrogen-bond donors (Lipinski definition) is 0. The van der Waals surface area contributed by atoms with Crippen molar-refractivity contribution in [3.8, 4) is 0 Å². The molecule has 4 heteroatoms. The normalized spacial score (nSPS) is 28.8. The summed E-state index contributed by atoms with van der Waals surface area (Å²) < 4.78 is 1.33. The predicted molar refractivity (Wildman–Crippen MR) is 84.3 cm³/mol. The number of rotatable bonds is 4. The highest BCUT2D eigenvalue weighted by Gasteiger charge is 2.56. The van der Waals surface area contributed by atoms with Gasteiger partial charge in [0.2, 0.25) is 0 Å². The largest absolute Gasteiger partial charge is 0.340 e. The van der Waals surface area contributed by atoms with Crippen molar-refractivity contribution in [3.05, 3.63) is 29.8 Å². The molecule has 1 heterocycles. The third-order valence-electron chi connectivity index (χ3n) is 5.39. The SMILES string of the molecule is CCC1(C2CC2)c2ccccc2N(Cl)C(=O)N1CC1CC1. The van der Waals surface area contributed by atoms with E-state index in [1.165, 1.54) is 35.7 Å². The molecule has 112 valence electrons. The van der Waals surface area contributed by atoms with Gasteiger partial charge in [0.25, 0.3) is 0 Å². The van der Waals surface area contributed by atoms with Crippen LogP contribution in [-0.2, 0) is 5.54 Å². The van der Waals surface area contributed by atoms with Gasteiger partial charge in [0.15, 0.2) is 0 Å². The molecule has 2 aliphatic carbocycles. The van der Waals surface area contributed by atoms with Crippen LogP contribution in [0.4, 0.5) is 10.5 Å². The van der Waals surface area contributed by atoms with E-state index in [-0.39, 0.29) is 11.6 Å². The molecule has 4 rings (SSSR count). The predicted octanol–water partition coefficient (Wildman–Crippen LogP) is 4.51. The van der Waals surface area contributed by atoms with Crippen molar-refractivity contribution in [3.63, 3.8) is 0 Å². The summed E-state index contributed by atoms with van der Waals surface area (Å²) in [5.41, 5.74) is 1.98. The maximum atomic E-state index is 12.9. The Morgan fingerprint density at radius 2 is 1.95 bits per heavy atom. The maximum absolute atomic E-state index is 12.9. The first kappa shape index (κ1) is 13.4. The zero-order valence-electron chi connectivity index (χ0n) is 12.4. The average Bonchev–Trinajstić information content (AvgIpc) is 3.38. The second-order valence-electron chi connectivity index (χ2n) is 6.69. The molecule has 2 fully saturated rings. The van der Waals surface area contributed by atoms with Crippen molar-refractivity contribution in [1.29, 1.82) is 0 Å². The molecule has 0 spiro atoms. The van der Waals surface area contributed by atoms with Crippen molar-refractivity contribution in [2.75, 3.05) is 11.0 Å². The second kappa shape index (κ2) is 4.64. The molecule has 0 saturated heterocycles. The zero-order chi connectivity index (χ0) is 14.6. The second-order valence-corrected chi connectivity index (χ2v) is 7.02. The molecule has 2 saturated carbocycles. The monoisotopic (exact) mass is 304 g/mol. The number of para-hydroxylation sites is 1. The molecule has 0 aromatic heterocycles. The van der Waals surface area contributed by atoms with Gasteiger partial charge < -0.3 is 4.90 Å². The smallest absolute Gasteiger partial charge is 0.313 e. The van der Waals surface area contributed by atoms with Gasteiger partial charge >= 0.3 is 6.03 Å². The molecule has 3 aliphatic rings. The van der Waals surface area contributed by atoms with Gasteiger partial charge in [-0.15, -0.1) is 0 Å². The van der Waals surface area contributed by atoms with Crippen molar-refractivity contribution in [2.24, 2.45) is 11.8 Å². The molecule has 1 unspecified atom stereocenters. The Bertz CT molecular complexity index is 582. The lowest BCUT2D eigenvalue weighted by Gasteiger charge is -2.50. The molecule has 2 amide bonds. The number of carbonyl (C=O) groups is 1. The van der Waals surface area contributed by atoms with E-state index < -0.39 is 0 Å². The first-order valence-electron chi connectivity index (χ1n) is 8.05. The first-order chi connectivity index (χ1) is 10.2. The number of amides is 2. The molecule has 1 aliphatic heterocycles. The van der Waals surface area contributed by atoms with E-state index in [0.717, 1.165) is 18.7 Å². The van der Waals surface area contributed by atoms with Crippen molar-refractivity contribution in [1.82, 2.24) is 4.90 Å². The van der Waals surface area contributed by atoms with Crippen molar-refractivity contribution < 1.29 is 4.79 Å². The van der Waals surface area contributed by atoms with Crippen LogP contribution in [0.2, 0.25) is 0 Å². The van der Waals surface area contributed by atoms with E-state index in [1.807, 2.05) is 12.1 Å². The van der Waals surface area contributed by atoms with E-state index in [0.29, 0.717) is 11.8 Å². The minimum Gasteiger partial charge on any atom is -0.313 e. The van der Waals surface area contributed by atoms with Gasteiger partial charge in [-0.05, 0) is 50.0 Å². The Labute approximate surface area is 131 Å². The third kappa shape index (κ3) is 1.90. The van der Waals surface area contributed by atoms with Crippen LogP contribution >= 0.6 is 11.8 Å². The van der Waals surface area contributed by atoms with Crippen molar-refractivity contribution in [2.45, 2.75) is 44.6 Å². The maximum Gasteiger partial charge on any atom is 0.340 e. The lowest BCUT2D eigenvalue weighted by Crippen LogP contribution is -2.58. The van der Waals surface area contributed by atoms with Crippen LogP contribution in [0.5, 0.6) is 0 Å². The summed E-state index contributed by atoms with van der Waals surface area (Å²) in [6.45, 7) is 3.08. The lowest BCUT2D eigenvalue weighted by atomic mass is 9.78. The molecule has 21 heavy (non-hydrogen) atoms. The van der Waals surface area contributed by atoms with E-state index in [2.05, 4.69) is 24.0 Å². The lowest BCUT2D eigenvalue weighted by molar-refractivity contribution is 0.0834. The van der Waals surface area contributed by atoms with E-state index in [9.17, 15) is 4.79 Å². The Hall–Kier alpha value is -1.22. The summed E-state index contributed by atoms with van der Waals surface area (Å²) in [6, 6.07) is 8.14. The Balaban J connectivity index is 1.87. The Kier molecular flexibility index (Phi) is 2.97. The number of nitrogens with zero attached hydrogens (tertiary/aromatic N) is 2. The highest BCUT2D eigenvalue weighted by atomic mass is 35.5. The van der Waals surface area contributed by atoms with Gasteiger partial charge in [-0.1, -0.05) is 25.1 Å². The molecule has 0 radical (unpaired) electrons. The van der Waals surface area contributed by atoms with Crippen LogP contribution in [-0.4, -0.2) is 17.5 Å². The number of urea groups is 1. The summed E-state index contributed by atoms with van der Waals surface area (Å²) >= 11 is 6.35. The first-order valence-corrected chi connectivity index (χ1v) is 8.39. The molecule has 0 N–H and O–H groups in total. The van der Waals surface area contributed by atoms with Crippen LogP contribution < -0.4 is 4.42 Å². The van der Waals surface area contributed by atoms with Crippen LogP contribution in [0.25, 0.3) is 0 Å². The van der Waals surface area contributed by atoms with Gasteiger partial charge in [-0.2, -0.15) is 0 Å². The highest BCUT2D eigenvalue weighted by molar-refractivity contribution is 6.37. The molecule has 1 aromatic carbocycles. The third-order valence-corrected chi connectivity index (χ3v) is 5.72. The van der Waals surface area contributed by atoms with Gasteiger partial charge in [0, 0.05) is 23.9 Å². The van der Waals surface area contributed by atoms with Crippen LogP contribution in [0.1, 0.15) is 44.6 Å². The topological polar surface area (TPSA) is 23.6 Å². The van der Waals surface area contributed by atoms with E-state index in [1.54, 1.807) is 0 Å². The summed E-state index contributed by atoms with van der Waals surface area (Å²) in [4.78, 5) is 15.0. The Morgan fingerprint density at radius 3 is 2.57 bits per heavy atom. The summed E-state index contributed by atoms with van der Waals surface area (Å²) in [5.74, 6) is 1.27. The molecule has 3 nitrogen and oxygen atoms in total. The molecular formula is C17H21ClN2O. The van der Waals surface area contributed by atoms with Gasteiger partial charge in [-0.3, -0.25) is 0 Å². The van der Waals surface area contributed by atoms with Crippen LogP contribution in [0, 0.1) is 11.8 Å². The number of carbonyl (C=O) groups excluding carboxylic acids is 1. The zero-order valence-corrected chi connectivity index (χ0v) is 13.1. The van der Waals surface area contributed by atoms with Crippen molar-refractivity contribution >= 4 is 23.5 Å². The quantitative estimate of drug-likeness (QED) is 0.751. The number of anilines is 1. The number of benzene rings is 1. The molecular weight excluding hydrogens is 284 g/mol. The van der Waals surface area contributed by atoms with E-state index in [4.69, 9.17) is 11.8 Å². The summed E-state index contributed by atoms with van der Waals surface area (Å²) in [5, 5.41) is 0. The van der Waals surface area contributed by atoms with Gasteiger partial charge in [-0.25, -0.2) is 9.21 Å². The number of halogens is 1. The molecule has 1 aromatic rings. The fourth-order valence-corrected chi connectivity index (χ4v) is 4.25. The van der Waals surface area contributed by atoms with Gasteiger partial charge in [0.1, 0.15) is 0 Å². The van der Waals surface area contributed by atoms with Crippen LogP contribution in [0.3, 0.4) is 0 Å². The summed E-state index contributed by atoms with van der Waals surface area (Å²) in [7, 11) is 0. The molecule has 0 bridgehead atoms.